The molecule has 6 nitrogen and oxygen atoms in total. The number of hydrogen-bond acceptors (Lipinski definition) is 5. The molecule has 1 unspecified atom stereocenters. The highest BCUT2D eigenvalue weighted by atomic mass is 19.1. The van der Waals surface area contributed by atoms with Crippen molar-refractivity contribution < 1.29 is 18.7 Å². The SMILES string of the molecule is CC(C)(C)OC(=O)N1CCC(Cc2ncc(F)c(OC3CC3)n2)C1. The summed E-state index contributed by atoms with van der Waals surface area (Å²) in [4.78, 5) is 22.1. The fourth-order valence-corrected chi connectivity index (χ4v) is 2.66. The number of rotatable bonds is 4. The molecular weight excluding hydrogens is 313 g/mol. The predicted octanol–water partition coefficient (Wildman–Crippen LogP) is 2.96. The summed E-state index contributed by atoms with van der Waals surface area (Å²) in [5, 5.41) is 0. The van der Waals surface area contributed by atoms with Gasteiger partial charge in [0, 0.05) is 19.5 Å². The lowest BCUT2D eigenvalue weighted by Gasteiger charge is -2.24. The molecular formula is C17H24FN3O3. The van der Waals surface area contributed by atoms with Gasteiger partial charge in [0.05, 0.1) is 6.20 Å². The van der Waals surface area contributed by atoms with Crippen LogP contribution in [0.3, 0.4) is 0 Å². The minimum Gasteiger partial charge on any atom is -0.472 e. The van der Waals surface area contributed by atoms with Gasteiger partial charge in [0.25, 0.3) is 5.88 Å². The first-order chi connectivity index (χ1) is 11.3. The summed E-state index contributed by atoms with van der Waals surface area (Å²) in [5.41, 5.74) is -0.496. The second kappa shape index (κ2) is 6.53. The number of hydrogen-bond donors (Lipinski definition) is 0. The molecule has 0 N–H and O–H groups in total. The number of carbonyl (C=O) groups excluding carboxylic acids is 1. The Bertz CT molecular complexity index is 614. The number of ether oxygens (including phenoxy) is 2. The maximum Gasteiger partial charge on any atom is 0.410 e. The molecule has 1 amide bonds. The number of aromatic nitrogens is 2. The van der Waals surface area contributed by atoms with Crippen molar-refractivity contribution in [1.82, 2.24) is 14.9 Å². The molecule has 24 heavy (non-hydrogen) atoms. The van der Waals surface area contributed by atoms with Gasteiger partial charge in [-0.05, 0) is 46.0 Å². The Morgan fingerprint density at radius 2 is 2.12 bits per heavy atom. The van der Waals surface area contributed by atoms with E-state index < -0.39 is 11.4 Å². The summed E-state index contributed by atoms with van der Waals surface area (Å²) in [6.07, 6.45) is 4.33. The second-order valence-corrected chi connectivity index (χ2v) is 7.54. The van der Waals surface area contributed by atoms with Crippen LogP contribution in [0.4, 0.5) is 9.18 Å². The number of carbonyl (C=O) groups is 1. The summed E-state index contributed by atoms with van der Waals surface area (Å²) in [5.74, 6) is 0.330. The van der Waals surface area contributed by atoms with E-state index >= 15 is 0 Å². The number of nitrogens with zero attached hydrogens (tertiary/aromatic N) is 3. The predicted molar refractivity (Wildman–Crippen MR) is 85.3 cm³/mol. The smallest absolute Gasteiger partial charge is 0.410 e. The highest BCUT2D eigenvalue weighted by molar-refractivity contribution is 5.68. The van der Waals surface area contributed by atoms with Crippen LogP contribution in [-0.2, 0) is 11.2 Å². The summed E-state index contributed by atoms with van der Waals surface area (Å²) in [6.45, 7) is 6.82. The summed E-state index contributed by atoms with van der Waals surface area (Å²) in [6, 6.07) is 0. The number of amides is 1. The van der Waals surface area contributed by atoms with Crippen LogP contribution in [0.15, 0.2) is 6.20 Å². The van der Waals surface area contributed by atoms with E-state index in [9.17, 15) is 9.18 Å². The van der Waals surface area contributed by atoms with E-state index in [4.69, 9.17) is 9.47 Å². The first-order valence-electron chi connectivity index (χ1n) is 8.46. The van der Waals surface area contributed by atoms with Crippen molar-refractivity contribution in [3.05, 3.63) is 17.8 Å². The Morgan fingerprint density at radius 3 is 2.79 bits per heavy atom. The van der Waals surface area contributed by atoms with E-state index in [-0.39, 0.29) is 24.0 Å². The number of halogens is 1. The van der Waals surface area contributed by atoms with E-state index in [1.807, 2.05) is 20.8 Å². The molecule has 7 heteroatoms. The van der Waals surface area contributed by atoms with Crippen molar-refractivity contribution in [3.63, 3.8) is 0 Å². The first-order valence-corrected chi connectivity index (χ1v) is 8.46. The fraction of sp³-hybridized carbons (Fsp3) is 0.706. The van der Waals surface area contributed by atoms with E-state index in [2.05, 4.69) is 9.97 Å². The zero-order chi connectivity index (χ0) is 17.3. The molecule has 0 bridgehead atoms. The van der Waals surface area contributed by atoms with Crippen molar-refractivity contribution in [2.75, 3.05) is 13.1 Å². The van der Waals surface area contributed by atoms with Crippen LogP contribution in [0, 0.1) is 11.7 Å². The normalized spacial score (nSPS) is 21.0. The van der Waals surface area contributed by atoms with Gasteiger partial charge in [-0.2, -0.15) is 9.37 Å². The van der Waals surface area contributed by atoms with Gasteiger partial charge in [-0.15, -0.1) is 0 Å². The molecule has 2 heterocycles. The van der Waals surface area contributed by atoms with E-state index in [0.29, 0.717) is 25.3 Å². The van der Waals surface area contributed by atoms with Crippen molar-refractivity contribution >= 4 is 6.09 Å². The zero-order valence-electron chi connectivity index (χ0n) is 14.4. The molecule has 1 atom stereocenters. The van der Waals surface area contributed by atoms with Crippen LogP contribution in [-0.4, -0.2) is 45.8 Å². The largest absolute Gasteiger partial charge is 0.472 e. The summed E-state index contributed by atoms with van der Waals surface area (Å²) < 4.78 is 24.5. The Balaban J connectivity index is 1.56. The lowest BCUT2D eigenvalue weighted by molar-refractivity contribution is 0.0288. The van der Waals surface area contributed by atoms with Gasteiger partial charge in [0.15, 0.2) is 0 Å². The molecule has 0 spiro atoms. The molecule has 1 aliphatic heterocycles. The Morgan fingerprint density at radius 1 is 1.38 bits per heavy atom. The minimum absolute atomic E-state index is 0.0458. The molecule has 1 aromatic rings. The first kappa shape index (κ1) is 16.9. The fourth-order valence-electron chi connectivity index (χ4n) is 2.66. The third kappa shape index (κ3) is 4.55. The lowest BCUT2D eigenvalue weighted by atomic mass is 10.0. The highest BCUT2D eigenvalue weighted by Crippen LogP contribution is 2.28. The quantitative estimate of drug-likeness (QED) is 0.845. The van der Waals surface area contributed by atoms with Gasteiger partial charge in [0.1, 0.15) is 17.5 Å². The summed E-state index contributed by atoms with van der Waals surface area (Å²) >= 11 is 0. The monoisotopic (exact) mass is 337 g/mol. The van der Waals surface area contributed by atoms with Crippen LogP contribution in [0.1, 0.15) is 45.9 Å². The molecule has 3 rings (SSSR count). The topological polar surface area (TPSA) is 64.5 Å². The molecule has 0 aromatic carbocycles. The van der Waals surface area contributed by atoms with E-state index in [1.165, 1.54) is 6.20 Å². The third-order valence-corrected chi connectivity index (χ3v) is 3.97. The maximum atomic E-state index is 13.7. The van der Waals surface area contributed by atoms with Crippen molar-refractivity contribution in [3.8, 4) is 5.88 Å². The van der Waals surface area contributed by atoms with Crippen LogP contribution in [0.25, 0.3) is 0 Å². The van der Waals surface area contributed by atoms with Crippen LogP contribution < -0.4 is 4.74 Å². The van der Waals surface area contributed by atoms with Gasteiger partial charge < -0.3 is 14.4 Å². The third-order valence-electron chi connectivity index (χ3n) is 3.97. The van der Waals surface area contributed by atoms with Gasteiger partial charge in [-0.1, -0.05) is 0 Å². The van der Waals surface area contributed by atoms with Gasteiger partial charge >= 0.3 is 6.09 Å². The van der Waals surface area contributed by atoms with Crippen LogP contribution >= 0.6 is 0 Å². The standard InChI is InChI=1S/C17H24FN3O3/c1-17(2,3)24-16(22)21-7-6-11(10-21)8-14-19-9-13(18)15(20-14)23-12-4-5-12/h9,11-12H,4-8,10H2,1-3H3. The van der Waals surface area contributed by atoms with Gasteiger partial charge in [-0.25, -0.2) is 9.78 Å². The van der Waals surface area contributed by atoms with Crippen LogP contribution in [0.2, 0.25) is 0 Å². The van der Waals surface area contributed by atoms with Gasteiger partial charge in [-0.3, -0.25) is 0 Å². The number of likely N-dealkylation sites (tertiary alicyclic amines) is 1. The second-order valence-electron chi connectivity index (χ2n) is 7.54. The molecule has 2 aliphatic rings. The molecule has 1 saturated carbocycles. The highest BCUT2D eigenvalue weighted by Gasteiger charge is 2.31. The molecule has 1 aliphatic carbocycles. The minimum atomic E-state index is -0.521. The molecule has 1 aromatic heterocycles. The molecule has 2 fully saturated rings. The lowest BCUT2D eigenvalue weighted by Crippen LogP contribution is -2.35. The van der Waals surface area contributed by atoms with E-state index in [0.717, 1.165) is 19.3 Å². The van der Waals surface area contributed by atoms with Crippen molar-refractivity contribution in [2.45, 2.75) is 58.2 Å². The molecule has 1 saturated heterocycles. The van der Waals surface area contributed by atoms with Crippen molar-refractivity contribution in [2.24, 2.45) is 5.92 Å². The summed E-state index contributed by atoms with van der Waals surface area (Å²) in [7, 11) is 0. The zero-order valence-corrected chi connectivity index (χ0v) is 14.4. The Labute approximate surface area is 141 Å². The van der Waals surface area contributed by atoms with Crippen molar-refractivity contribution in [1.29, 1.82) is 0 Å². The Hall–Kier alpha value is -1.92. The average molecular weight is 337 g/mol. The average Bonchev–Trinajstić information content (AvgIpc) is 3.16. The maximum absolute atomic E-state index is 13.7. The van der Waals surface area contributed by atoms with E-state index in [1.54, 1.807) is 4.90 Å². The molecule has 132 valence electrons. The van der Waals surface area contributed by atoms with Gasteiger partial charge in [0.2, 0.25) is 5.82 Å². The Kier molecular flexibility index (Phi) is 4.60. The van der Waals surface area contributed by atoms with Crippen LogP contribution in [0.5, 0.6) is 5.88 Å². The molecule has 0 radical (unpaired) electrons.